The Bertz CT molecular complexity index is 467. The average Bonchev–Trinajstić information content (AvgIpc) is 2.77. The molecule has 0 aliphatic carbocycles. The first kappa shape index (κ1) is 34.1. The van der Waals surface area contributed by atoms with Gasteiger partial charge in [0.05, 0.1) is 12.7 Å². The zero-order valence-corrected chi connectivity index (χ0v) is 24.6. The number of hydrogen-bond acceptors (Lipinski definition) is 3. The van der Waals surface area contributed by atoms with Crippen LogP contribution in [0.15, 0.2) is 0 Å². The molecule has 0 aliphatic rings. The zero-order valence-electron chi connectivity index (χ0n) is 23.7. The topological polar surface area (TPSA) is 55.8 Å². The van der Waals surface area contributed by atoms with E-state index in [0.717, 1.165) is 32.1 Å². The highest BCUT2D eigenvalue weighted by atomic mass is 31.2. The van der Waals surface area contributed by atoms with E-state index < -0.39 is 7.82 Å². The van der Waals surface area contributed by atoms with Gasteiger partial charge in [0.15, 0.2) is 0 Å². The van der Waals surface area contributed by atoms with Gasteiger partial charge in [-0.3, -0.25) is 9.05 Å². The van der Waals surface area contributed by atoms with Crippen molar-refractivity contribution in [3.05, 3.63) is 0 Å². The molecule has 34 heavy (non-hydrogen) atoms. The molecule has 4 nitrogen and oxygen atoms in total. The standard InChI is InChI=1S/C29H61O4P/c1-6-7-8-9-10-11-12-13-14-15-16-17-18-19-20-23-26-32-34(30,31)33-29(28(4)5)25-22-21-24-27(2)3/h27-29H,6-26H2,1-5H3,(H,30,31). The Balaban J connectivity index is 3.60. The molecule has 0 radical (unpaired) electrons. The number of hydrogen-bond donors (Lipinski definition) is 1. The van der Waals surface area contributed by atoms with Gasteiger partial charge in [-0.2, -0.15) is 0 Å². The molecule has 0 amide bonds. The van der Waals surface area contributed by atoms with Crippen molar-refractivity contribution in [2.75, 3.05) is 6.61 Å². The number of phosphoric acid groups is 1. The number of rotatable bonds is 26. The fourth-order valence-corrected chi connectivity index (χ4v) is 5.55. The summed E-state index contributed by atoms with van der Waals surface area (Å²) in [5.74, 6) is 0.907. The molecule has 2 atom stereocenters. The summed E-state index contributed by atoms with van der Waals surface area (Å²) in [4.78, 5) is 10.1. The summed E-state index contributed by atoms with van der Waals surface area (Å²) >= 11 is 0. The molecule has 0 rings (SSSR count). The number of unbranched alkanes of at least 4 members (excludes halogenated alkanes) is 16. The summed E-state index contributed by atoms with van der Waals surface area (Å²) in [6.45, 7) is 11.1. The van der Waals surface area contributed by atoms with E-state index in [1.54, 1.807) is 0 Å². The maximum absolute atomic E-state index is 12.3. The Labute approximate surface area is 214 Å². The van der Waals surface area contributed by atoms with Crippen LogP contribution in [0.25, 0.3) is 0 Å². The van der Waals surface area contributed by atoms with E-state index >= 15 is 0 Å². The molecule has 2 unspecified atom stereocenters. The van der Waals surface area contributed by atoms with Crippen LogP contribution in [-0.2, 0) is 13.6 Å². The third-order valence-corrected chi connectivity index (χ3v) is 7.83. The molecule has 0 spiro atoms. The summed E-state index contributed by atoms with van der Waals surface area (Å²) in [5.41, 5.74) is 0. The summed E-state index contributed by atoms with van der Waals surface area (Å²) < 4.78 is 23.1. The Morgan fingerprint density at radius 2 is 1.03 bits per heavy atom. The van der Waals surface area contributed by atoms with Crippen LogP contribution in [0.5, 0.6) is 0 Å². The third kappa shape index (κ3) is 23.8. The highest BCUT2D eigenvalue weighted by molar-refractivity contribution is 7.47. The molecule has 0 saturated carbocycles. The van der Waals surface area contributed by atoms with Gasteiger partial charge in [-0.05, 0) is 24.7 Å². The fourth-order valence-electron chi connectivity index (χ4n) is 4.44. The van der Waals surface area contributed by atoms with Crippen LogP contribution in [0.1, 0.15) is 163 Å². The molecule has 206 valence electrons. The van der Waals surface area contributed by atoms with E-state index in [1.807, 2.05) is 13.8 Å². The first-order valence-corrected chi connectivity index (χ1v) is 16.4. The van der Waals surface area contributed by atoms with Gasteiger partial charge in [0, 0.05) is 0 Å². The third-order valence-electron chi connectivity index (χ3n) is 6.78. The molecule has 0 aromatic heterocycles. The molecule has 0 bridgehead atoms. The maximum atomic E-state index is 12.3. The maximum Gasteiger partial charge on any atom is 0.472 e. The van der Waals surface area contributed by atoms with Gasteiger partial charge in [-0.1, -0.05) is 150 Å². The minimum absolute atomic E-state index is 0.207. The molecule has 0 aromatic rings. The van der Waals surface area contributed by atoms with Crippen LogP contribution >= 0.6 is 7.82 Å². The van der Waals surface area contributed by atoms with E-state index in [-0.39, 0.29) is 12.0 Å². The van der Waals surface area contributed by atoms with E-state index in [4.69, 9.17) is 9.05 Å². The zero-order chi connectivity index (χ0) is 25.5. The second-order valence-electron chi connectivity index (χ2n) is 11.2. The second kappa shape index (κ2) is 23.5. The van der Waals surface area contributed by atoms with Crippen molar-refractivity contribution in [1.29, 1.82) is 0 Å². The molecule has 0 aromatic carbocycles. The van der Waals surface area contributed by atoms with Gasteiger partial charge in [-0.15, -0.1) is 0 Å². The Hall–Kier alpha value is 0.110. The SMILES string of the molecule is CCCCCCCCCCCCCCCCCCOP(=O)(O)OC(CCCCC(C)C)C(C)C. The van der Waals surface area contributed by atoms with Crippen molar-refractivity contribution >= 4 is 7.82 Å². The summed E-state index contributed by atoms with van der Waals surface area (Å²) in [7, 11) is -3.96. The van der Waals surface area contributed by atoms with E-state index in [2.05, 4.69) is 20.8 Å². The van der Waals surface area contributed by atoms with Crippen molar-refractivity contribution in [1.82, 2.24) is 0 Å². The minimum Gasteiger partial charge on any atom is -0.302 e. The van der Waals surface area contributed by atoms with Crippen molar-refractivity contribution in [2.24, 2.45) is 11.8 Å². The van der Waals surface area contributed by atoms with Gasteiger partial charge >= 0.3 is 7.82 Å². The molecule has 1 N–H and O–H groups in total. The molecular formula is C29H61O4P. The lowest BCUT2D eigenvalue weighted by atomic mass is 9.99. The predicted molar refractivity (Wildman–Crippen MR) is 148 cm³/mol. The average molecular weight is 505 g/mol. The van der Waals surface area contributed by atoms with Crippen LogP contribution in [0.4, 0.5) is 0 Å². The van der Waals surface area contributed by atoms with Crippen LogP contribution < -0.4 is 0 Å². The van der Waals surface area contributed by atoms with Crippen molar-refractivity contribution in [3.8, 4) is 0 Å². The van der Waals surface area contributed by atoms with Gasteiger partial charge in [-0.25, -0.2) is 4.57 Å². The summed E-state index contributed by atoms with van der Waals surface area (Å²) in [6, 6.07) is 0. The van der Waals surface area contributed by atoms with Gasteiger partial charge in [0.2, 0.25) is 0 Å². The molecule has 0 saturated heterocycles. The van der Waals surface area contributed by atoms with Crippen molar-refractivity contribution in [3.63, 3.8) is 0 Å². The fraction of sp³-hybridized carbons (Fsp3) is 1.00. The monoisotopic (exact) mass is 504 g/mol. The minimum atomic E-state index is -3.96. The van der Waals surface area contributed by atoms with Crippen LogP contribution in [-0.4, -0.2) is 17.6 Å². The van der Waals surface area contributed by atoms with Crippen molar-refractivity contribution in [2.45, 2.75) is 169 Å². The quantitative estimate of drug-likeness (QED) is 0.0940. The molecule has 0 aliphatic heterocycles. The lowest BCUT2D eigenvalue weighted by Crippen LogP contribution is -2.19. The lowest BCUT2D eigenvalue weighted by molar-refractivity contribution is 0.0709. The van der Waals surface area contributed by atoms with Crippen LogP contribution in [0.2, 0.25) is 0 Å². The highest BCUT2D eigenvalue weighted by Gasteiger charge is 2.28. The Kier molecular flexibility index (Phi) is 23.6. The molecular weight excluding hydrogens is 443 g/mol. The number of phosphoric ester groups is 1. The van der Waals surface area contributed by atoms with Gasteiger partial charge in [0.25, 0.3) is 0 Å². The van der Waals surface area contributed by atoms with E-state index in [1.165, 1.54) is 96.3 Å². The molecule has 0 heterocycles. The molecule has 0 fully saturated rings. The Morgan fingerprint density at radius 1 is 0.618 bits per heavy atom. The van der Waals surface area contributed by atoms with E-state index in [9.17, 15) is 9.46 Å². The van der Waals surface area contributed by atoms with Crippen LogP contribution in [0, 0.1) is 11.8 Å². The second-order valence-corrected chi connectivity index (χ2v) is 12.6. The van der Waals surface area contributed by atoms with Crippen molar-refractivity contribution < 1.29 is 18.5 Å². The largest absolute Gasteiger partial charge is 0.472 e. The first-order valence-electron chi connectivity index (χ1n) is 14.9. The summed E-state index contributed by atoms with van der Waals surface area (Å²) in [5, 5.41) is 0. The normalized spacial score (nSPS) is 14.7. The lowest BCUT2D eigenvalue weighted by Gasteiger charge is -2.24. The van der Waals surface area contributed by atoms with Crippen LogP contribution in [0.3, 0.4) is 0 Å². The Morgan fingerprint density at radius 3 is 1.44 bits per heavy atom. The smallest absolute Gasteiger partial charge is 0.302 e. The predicted octanol–water partition coefficient (Wildman–Crippen LogP) is 10.6. The van der Waals surface area contributed by atoms with Gasteiger partial charge < -0.3 is 4.89 Å². The van der Waals surface area contributed by atoms with E-state index in [0.29, 0.717) is 12.5 Å². The molecule has 5 heteroatoms. The summed E-state index contributed by atoms with van der Waals surface area (Å²) in [6.07, 6.45) is 25.0. The van der Waals surface area contributed by atoms with Gasteiger partial charge in [0.1, 0.15) is 0 Å². The highest BCUT2D eigenvalue weighted by Crippen LogP contribution is 2.46. The first-order chi connectivity index (χ1) is 16.3.